The minimum atomic E-state index is -0.0299. The van der Waals surface area contributed by atoms with Crippen molar-refractivity contribution in [2.24, 2.45) is 5.92 Å². The number of benzene rings is 1. The molecule has 1 aromatic heterocycles. The van der Waals surface area contributed by atoms with Crippen LogP contribution in [0.2, 0.25) is 0 Å². The number of rotatable bonds is 8. The Morgan fingerprint density at radius 3 is 3.00 bits per heavy atom. The predicted octanol–water partition coefficient (Wildman–Crippen LogP) is 3.74. The van der Waals surface area contributed by atoms with Crippen LogP contribution in [0.15, 0.2) is 35.7 Å². The lowest BCUT2D eigenvalue weighted by Gasteiger charge is -2.16. The summed E-state index contributed by atoms with van der Waals surface area (Å²) in [5.41, 5.74) is 1.95. The van der Waals surface area contributed by atoms with Crippen molar-refractivity contribution < 1.29 is 4.79 Å². The maximum atomic E-state index is 12.2. The number of nitrogens with zero attached hydrogens (tertiary/aromatic N) is 2. The second-order valence-corrected chi connectivity index (χ2v) is 7.74. The number of aromatic nitrogens is 1. The van der Waals surface area contributed by atoms with Crippen molar-refractivity contribution in [3.05, 3.63) is 52.0 Å². The van der Waals surface area contributed by atoms with Crippen molar-refractivity contribution >= 4 is 17.2 Å². The lowest BCUT2D eigenvalue weighted by molar-refractivity contribution is 0.0947. The first-order valence-corrected chi connectivity index (χ1v) is 10.1. The third kappa shape index (κ3) is 5.38. The molecule has 0 spiro atoms. The molecule has 3 rings (SSSR count). The molecule has 2 heterocycles. The summed E-state index contributed by atoms with van der Waals surface area (Å²) < 4.78 is 0. The highest BCUT2D eigenvalue weighted by Crippen LogP contribution is 2.21. The normalized spacial score (nSPS) is 17.7. The van der Waals surface area contributed by atoms with Gasteiger partial charge in [-0.3, -0.25) is 9.69 Å². The van der Waals surface area contributed by atoms with E-state index < -0.39 is 0 Å². The topological polar surface area (TPSA) is 45.2 Å². The average Bonchev–Trinajstić information content (AvgIpc) is 3.26. The quantitative estimate of drug-likeness (QED) is 0.783. The largest absolute Gasteiger partial charge is 0.351 e. The van der Waals surface area contributed by atoms with Crippen molar-refractivity contribution in [1.29, 1.82) is 0 Å². The fraction of sp³-hybridized carbons (Fsp3) is 0.500. The van der Waals surface area contributed by atoms with Crippen LogP contribution in [0.25, 0.3) is 0 Å². The van der Waals surface area contributed by atoms with Crippen molar-refractivity contribution in [1.82, 2.24) is 15.2 Å². The number of nitrogens with one attached hydrogen (secondary N) is 1. The first kappa shape index (κ1) is 18.1. The lowest BCUT2D eigenvalue weighted by Crippen LogP contribution is -2.27. The van der Waals surface area contributed by atoms with Crippen molar-refractivity contribution in [3.8, 4) is 0 Å². The number of hydrogen-bond acceptors (Lipinski definition) is 4. The summed E-state index contributed by atoms with van der Waals surface area (Å²) in [5, 5.41) is 5.96. The van der Waals surface area contributed by atoms with Crippen LogP contribution in [0.5, 0.6) is 0 Å². The van der Waals surface area contributed by atoms with Crippen LogP contribution in [-0.2, 0) is 13.0 Å². The Hall–Kier alpha value is -1.72. The summed E-state index contributed by atoms with van der Waals surface area (Å²) in [6.45, 7) is 6.18. The van der Waals surface area contributed by atoms with Crippen molar-refractivity contribution in [2.45, 2.75) is 39.2 Å². The van der Waals surface area contributed by atoms with Crippen LogP contribution in [0.1, 0.15) is 47.2 Å². The highest BCUT2D eigenvalue weighted by molar-refractivity contribution is 7.09. The third-order valence-electron chi connectivity index (χ3n) is 4.71. The van der Waals surface area contributed by atoms with Gasteiger partial charge in [-0.2, -0.15) is 0 Å². The molecule has 1 aliphatic rings. The van der Waals surface area contributed by atoms with E-state index in [-0.39, 0.29) is 5.91 Å². The number of carbonyl (C=O) groups excluding carboxylic acids is 1. The Morgan fingerprint density at radius 2 is 2.20 bits per heavy atom. The van der Waals surface area contributed by atoms with E-state index in [0.717, 1.165) is 50.4 Å². The molecule has 0 aliphatic carbocycles. The Kier molecular flexibility index (Phi) is 6.59. The molecule has 134 valence electrons. The summed E-state index contributed by atoms with van der Waals surface area (Å²) in [4.78, 5) is 19.1. The SMILES string of the molecule is CCCc1nc(C(=O)NCCC2CCN(Cc3ccccc3)C2)cs1. The van der Waals surface area contributed by atoms with E-state index in [4.69, 9.17) is 0 Å². The average molecular weight is 358 g/mol. The first-order valence-electron chi connectivity index (χ1n) is 9.23. The maximum Gasteiger partial charge on any atom is 0.270 e. The summed E-state index contributed by atoms with van der Waals surface area (Å²) in [6.07, 6.45) is 4.29. The van der Waals surface area contributed by atoms with Crippen LogP contribution in [0.3, 0.4) is 0 Å². The molecule has 25 heavy (non-hydrogen) atoms. The molecular weight excluding hydrogens is 330 g/mol. The second kappa shape index (κ2) is 9.11. The van der Waals surface area contributed by atoms with Crippen molar-refractivity contribution in [2.75, 3.05) is 19.6 Å². The number of thiazole rings is 1. The number of amides is 1. The highest BCUT2D eigenvalue weighted by Gasteiger charge is 2.22. The van der Waals surface area contributed by atoms with Crippen LogP contribution in [0.4, 0.5) is 0 Å². The van der Waals surface area contributed by atoms with E-state index in [1.807, 2.05) is 5.38 Å². The molecule has 1 N–H and O–H groups in total. The molecule has 1 fully saturated rings. The molecular formula is C20H27N3OS. The summed E-state index contributed by atoms with van der Waals surface area (Å²) in [6, 6.07) is 10.6. The molecule has 0 saturated carbocycles. The molecule has 1 saturated heterocycles. The Labute approximate surface area is 154 Å². The number of hydrogen-bond donors (Lipinski definition) is 1. The second-order valence-electron chi connectivity index (χ2n) is 6.80. The molecule has 1 aromatic carbocycles. The Morgan fingerprint density at radius 1 is 1.36 bits per heavy atom. The highest BCUT2D eigenvalue weighted by atomic mass is 32.1. The van der Waals surface area contributed by atoms with Crippen LogP contribution < -0.4 is 5.32 Å². The van der Waals surface area contributed by atoms with Gasteiger partial charge < -0.3 is 5.32 Å². The van der Waals surface area contributed by atoms with E-state index >= 15 is 0 Å². The fourth-order valence-electron chi connectivity index (χ4n) is 3.36. The Bertz CT molecular complexity index is 671. The van der Waals surface area contributed by atoms with E-state index in [9.17, 15) is 4.79 Å². The molecule has 1 unspecified atom stereocenters. The first-order chi connectivity index (χ1) is 12.2. The summed E-state index contributed by atoms with van der Waals surface area (Å²) in [5.74, 6) is 0.646. The van der Waals surface area contributed by atoms with Gasteiger partial charge in [0.05, 0.1) is 5.01 Å². The molecule has 5 heteroatoms. The van der Waals surface area contributed by atoms with Gasteiger partial charge >= 0.3 is 0 Å². The van der Waals surface area contributed by atoms with E-state index in [1.165, 1.54) is 12.0 Å². The third-order valence-corrected chi connectivity index (χ3v) is 5.61. The number of likely N-dealkylation sites (tertiary alicyclic amines) is 1. The molecule has 0 radical (unpaired) electrons. The molecule has 1 amide bonds. The number of aryl methyl sites for hydroxylation is 1. The van der Waals surface area contributed by atoms with Crippen LogP contribution in [-0.4, -0.2) is 35.4 Å². The van der Waals surface area contributed by atoms with Crippen molar-refractivity contribution in [3.63, 3.8) is 0 Å². The molecule has 2 aromatic rings. The smallest absolute Gasteiger partial charge is 0.270 e. The van der Waals surface area contributed by atoms with Gasteiger partial charge in [-0.15, -0.1) is 11.3 Å². The van der Waals surface area contributed by atoms with E-state index in [1.54, 1.807) is 11.3 Å². The summed E-state index contributed by atoms with van der Waals surface area (Å²) in [7, 11) is 0. The lowest BCUT2D eigenvalue weighted by atomic mass is 10.1. The standard InChI is InChI=1S/C20H27N3OS/c1-2-6-19-22-18(15-25-19)20(24)21-11-9-17-10-12-23(14-17)13-16-7-4-3-5-8-16/h3-5,7-8,15,17H,2,6,9-14H2,1H3,(H,21,24). The zero-order valence-electron chi connectivity index (χ0n) is 14.9. The molecule has 0 bridgehead atoms. The van der Waals surface area contributed by atoms with Gasteiger partial charge in [0.1, 0.15) is 5.69 Å². The van der Waals surface area contributed by atoms with Gasteiger partial charge in [0.2, 0.25) is 0 Å². The maximum absolute atomic E-state index is 12.2. The molecule has 1 aliphatic heterocycles. The minimum Gasteiger partial charge on any atom is -0.351 e. The molecule has 4 nitrogen and oxygen atoms in total. The van der Waals surface area contributed by atoms with Gasteiger partial charge in [0.25, 0.3) is 5.91 Å². The van der Waals surface area contributed by atoms with Gasteiger partial charge in [-0.1, -0.05) is 37.3 Å². The van der Waals surface area contributed by atoms with E-state index in [2.05, 4.69) is 52.5 Å². The minimum absolute atomic E-state index is 0.0299. The monoisotopic (exact) mass is 357 g/mol. The molecule has 1 atom stereocenters. The van der Waals surface area contributed by atoms with Gasteiger partial charge in [0, 0.05) is 25.0 Å². The number of carbonyl (C=O) groups is 1. The zero-order valence-corrected chi connectivity index (χ0v) is 15.7. The fourth-order valence-corrected chi connectivity index (χ4v) is 4.24. The zero-order chi connectivity index (χ0) is 17.5. The summed E-state index contributed by atoms with van der Waals surface area (Å²) >= 11 is 1.58. The Balaban J connectivity index is 1.37. The van der Waals surface area contributed by atoms with Crippen LogP contribution in [0, 0.1) is 5.92 Å². The van der Waals surface area contributed by atoms with Gasteiger partial charge in [-0.25, -0.2) is 4.98 Å². The van der Waals surface area contributed by atoms with Crippen LogP contribution >= 0.6 is 11.3 Å². The van der Waals surface area contributed by atoms with E-state index in [0.29, 0.717) is 11.6 Å². The van der Waals surface area contributed by atoms with Gasteiger partial charge in [-0.05, 0) is 43.7 Å². The predicted molar refractivity (Wildman–Crippen MR) is 103 cm³/mol. The van der Waals surface area contributed by atoms with Gasteiger partial charge in [0.15, 0.2) is 0 Å².